The van der Waals surface area contributed by atoms with Gasteiger partial charge in [0.2, 0.25) is 0 Å². The van der Waals surface area contributed by atoms with Crippen molar-refractivity contribution in [2.45, 2.75) is 26.0 Å². The van der Waals surface area contributed by atoms with Gasteiger partial charge in [0.1, 0.15) is 0 Å². The maximum Gasteiger partial charge on any atom is 0.269 e. The summed E-state index contributed by atoms with van der Waals surface area (Å²) in [5, 5.41) is 20.3. The molecule has 20 heavy (non-hydrogen) atoms. The summed E-state index contributed by atoms with van der Waals surface area (Å²) in [7, 11) is 2.10. The molecule has 6 heteroatoms. The minimum Gasteiger partial charge on any atom is -0.392 e. The molecule has 1 fully saturated rings. The van der Waals surface area contributed by atoms with Gasteiger partial charge < -0.3 is 14.9 Å². The Bertz CT molecular complexity index is 493. The third-order valence-corrected chi connectivity index (χ3v) is 3.80. The van der Waals surface area contributed by atoms with Crippen molar-refractivity contribution >= 4 is 11.4 Å². The van der Waals surface area contributed by atoms with Gasteiger partial charge in [-0.15, -0.1) is 0 Å². The van der Waals surface area contributed by atoms with Gasteiger partial charge in [0.05, 0.1) is 11.5 Å². The lowest BCUT2D eigenvalue weighted by Crippen LogP contribution is -2.38. The minimum atomic E-state index is -0.428. The molecule has 1 aliphatic heterocycles. The fourth-order valence-electron chi connectivity index (χ4n) is 2.82. The predicted octanol–water partition coefficient (Wildman–Crippen LogP) is 1.62. The smallest absolute Gasteiger partial charge is 0.269 e. The number of aliphatic hydroxyl groups is 1. The monoisotopic (exact) mass is 279 g/mol. The Hall–Kier alpha value is -1.66. The lowest BCUT2D eigenvalue weighted by Gasteiger charge is -2.31. The van der Waals surface area contributed by atoms with Crippen LogP contribution in [0.3, 0.4) is 0 Å². The van der Waals surface area contributed by atoms with Gasteiger partial charge in [-0.1, -0.05) is 0 Å². The van der Waals surface area contributed by atoms with Gasteiger partial charge in [-0.25, -0.2) is 0 Å². The van der Waals surface area contributed by atoms with Gasteiger partial charge >= 0.3 is 0 Å². The SMILES string of the molecule is CC1CN(C)CCCN1c1ccc([N+](=O)[O-])cc1CO. The number of benzene rings is 1. The largest absolute Gasteiger partial charge is 0.392 e. The van der Waals surface area contributed by atoms with Gasteiger partial charge in [-0.05, 0) is 33.0 Å². The first-order valence-corrected chi connectivity index (χ1v) is 6.86. The molecule has 1 N–H and O–H groups in total. The van der Waals surface area contributed by atoms with Crippen molar-refractivity contribution in [2.24, 2.45) is 0 Å². The van der Waals surface area contributed by atoms with E-state index in [4.69, 9.17) is 0 Å². The molecule has 1 aromatic carbocycles. The predicted molar refractivity (Wildman–Crippen MR) is 77.9 cm³/mol. The van der Waals surface area contributed by atoms with E-state index in [1.54, 1.807) is 6.07 Å². The number of nitro benzene ring substituents is 1. The number of nitro groups is 1. The quantitative estimate of drug-likeness (QED) is 0.672. The number of anilines is 1. The minimum absolute atomic E-state index is 0.0254. The summed E-state index contributed by atoms with van der Waals surface area (Å²) in [6.07, 6.45) is 1.04. The Kier molecular flexibility index (Phi) is 4.57. The number of non-ortho nitro benzene ring substituents is 1. The highest BCUT2D eigenvalue weighted by atomic mass is 16.6. The number of hydrogen-bond acceptors (Lipinski definition) is 5. The zero-order valence-corrected chi connectivity index (χ0v) is 12.0. The lowest BCUT2D eigenvalue weighted by molar-refractivity contribution is -0.384. The summed E-state index contributed by atoms with van der Waals surface area (Å²) in [4.78, 5) is 14.9. The fourth-order valence-corrected chi connectivity index (χ4v) is 2.82. The highest BCUT2D eigenvalue weighted by Crippen LogP contribution is 2.28. The molecule has 0 spiro atoms. The summed E-state index contributed by atoms with van der Waals surface area (Å²) in [6, 6.07) is 5.05. The van der Waals surface area contributed by atoms with Crippen LogP contribution in [0.15, 0.2) is 18.2 Å². The van der Waals surface area contributed by atoms with Gasteiger partial charge in [0.25, 0.3) is 5.69 Å². The standard InChI is InChI=1S/C14H21N3O3/c1-11-9-15(2)6-3-7-16(11)14-5-4-13(17(19)20)8-12(14)10-18/h4-5,8,11,18H,3,6-7,9-10H2,1-2H3. The number of hydrogen-bond donors (Lipinski definition) is 1. The van der Waals surface area contributed by atoms with Crippen LogP contribution < -0.4 is 4.90 Å². The lowest BCUT2D eigenvalue weighted by atomic mass is 10.1. The number of nitrogens with zero attached hydrogens (tertiary/aromatic N) is 3. The van der Waals surface area contributed by atoms with Crippen LogP contribution in [0.25, 0.3) is 0 Å². The molecule has 0 radical (unpaired) electrons. The average Bonchev–Trinajstić information content (AvgIpc) is 2.58. The van der Waals surface area contributed by atoms with Crippen molar-refractivity contribution in [1.29, 1.82) is 0 Å². The Morgan fingerprint density at radius 2 is 2.20 bits per heavy atom. The van der Waals surface area contributed by atoms with Crippen LogP contribution in [0.1, 0.15) is 18.9 Å². The molecule has 6 nitrogen and oxygen atoms in total. The van der Waals surface area contributed by atoms with Crippen molar-refractivity contribution in [1.82, 2.24) is 4.90 Å². The van der Waals surface area contributed by atoms with E-state index in [1.807, 2.05) is 0 Å². The molecule has 1 aromatic rings. The number of aliphatic hydroxyl groups excluding tert-OH is 1. The molecule has 2 rings (SSSR count). The van der Waals surface area contributed by atoms with E-state index in [0.29, 0.717) is 11.6 Å². The van der Waals surface area contributed by atoms with E-state index < -0.39 is 4.92 Å². The second-order valence-corrected chi connectivity index (χ2v) is 5.39. The van der Waals surface area contributed by atoms with Crippen molar-refractivity contribution in [3.63, 3.8) is 0 Å². The van der Waals surface area contributed by atoms with Crippen LogP contribution in [0.4, 0.5) is 11.4 Å². The topological polar surface area (TPSA) is 69.9 Å². The molecule has 0 bridgehead atoms. The number of likely N-dealkylation sites (N-methyl/N-ethyl adjacent to an activating group) is 1. The van der Waals surface area contributed by atoms with Crippen LogP contribution in [-0.4, -0.2) is 47.7 Å². The third-order valence-electron chi connectivity index (χ3n) is 3.80. The Balaban J connectivity index is 2.33. The van der Waals surface area contributed by atoms with E-state index in [0.717, 1.165) is 31.7 Å². The first kappa shape index (κ1) is 14.7. The van der Waals surface area contributed by atoms with E-state index in [9.17, 15) is 15.2 Å². The van der Waals surface area contributed by atoms with Gasteiger partial charge in [-0.3, -0.25) is 10.1 Å². The van der Waals surface area contributed by atoms with Crippen molar-refractivity contribution in [3.05, 3.63) is 33.9 Å². The second kappa shape index (κ2) is 6.19. The maximum atomic E-state index is 10.8. The zero-order chi connectivity index (χ0) is 14.7. The molecule has 0 aliphatic carbocycles. The summed E-state index contributed by atoms with van der Waals surface area (Å²) in [6.45, 7) is 4.85. The molecule has 0 amide bonds. The van der Waals surface area contributed by atoms with Crippen LogP contribution >= 0.6 is 0 Å². The third kappa shape index (κ3) is 3.08. The molecule has 0 aromatic heterocycles. The summed E-state index contributed by atoms with van der Waals surface area (Å²) >= 11 is 0. The Labute approximate surface area is 118 Å². The van der Waals surface area contributed by atoms with Crippen LogP contribution in [0, 0.1) is 10.1 Å². The Morgan fingerprint density at radius 3 is 2.85 bits per heavy atom. The van der Waals surface area contributed by atoms with Crippen molar-refractivity contribution < 1.29 is 10.0 Å². The molecule has 1 heterocycles. The molecule has 1 aliphatic rings. The molecular weight excluding hydrogens is 258 g/mol. The highest BCUT2D eigenvalue weighted by molar-refractivity contribution is 5.58. The molecule has 110 valence electrons. The van der Waals surface area contributed by atoms with Crippen LogP contribution in [0.2, 0.25) is 0 Å². The molecule has 0 saturated carbocycles. The first-order chi connectivity index (χ1) is 9.52. The molecule has 1 unspecified atom stereocenters. The van der Waals surface area contributed by atoms with E-state index in [2.05, 4.69) is 23.8 Å². The summed E-state index contributed by atoms with van der Waals surface area (Å²) in [5.74, 6) is 0. The average molecular weight is 279 g/mol. The van der Waals surface area contributed by atoms with Gasteiger partial charge in [0, 0.05) is 42.5 Å². The highest BCUT2D eigenvalue weighted by Gasteiger charge is 2.22. The molecular formula is C14H21N3O3. The summed E-state index contributed by atoms with van der Waals surface area (Å²) < 4.78 is 0. The maximum absolute atomic E-state index is 10.8. The van der Waals surface area contributed by atoms with E-state index >= 15 is 0 Å². The van der Waals surface area contributed by atoms with Crippen molar-refractivity contribution in [2.75, 3.05) is 31.6 Å². The molecule has 1 saturated heterocycles. The summed E-state index contributed by atoms with van der Waals surface area (Å²) in [5.41, 5.74) is 1.55. The zero-order valence-electron chi connectivity index (χ0n) is 12.0. The fraction of sp³-hybridized carbons (Fsp3) is 0.571. The van der Waals surface area contributed by atoms with E-state index in [1.165, 1.54) is 12.1 Å². The van der Waals surface area contributed by atoms with Gasteiger partial charge in [0.15, 0.2) is 0 Å². The normalized spacial score (nSPS) is 20.8. The second-order valence-electron chi connectivity index (χ2n) is 5.39. The first-order valence-electron chi connectivity index (χ1n) is 6.86. The molecule has 1 atom stereocenters. The van der Waals surface area contributed by atoms with Crippen LogP contribution in [0.5, 0.6) is 0 Å². The van der Waals surface area contributed by atoms with Gasteiger partial charge in [-0.2, -0.15) is 0 Å². The Morgan fingerprint density at radius 1 is 1.45 bits per heavy atom. The number of rotatable bonds is 3. The van der Waals surface area contributed by atoms with E-state index in [-0.39, 0.29) is 12.3 Å². The van der Waals surface area contributed by atoms with Crippen molar-refractivity contribution in [3.8, 4) is 0 Å². The van der Waals surface area contributed by atoms with Crippen LogP contribution in [-0.2, 0) is 6.61 Å².